The van der Waals surface area contributed by atoms with E-state index in [1.807, 2.05) is 0 Å². The molecule has 0 aromatic heterocycles. The Labute approximate surface area is 187 Å². The summed E-state index contributed by atoms with van der Waals surface area (Å²) >= 11 is 0. The Morgan fingerprint density at radius 3 is 1.80 bits per heavy atom. The van der Waals surface area contributed by atoms with Gasteiger partial charge in [-0.05, 0) is 49.4 Å². The molecule has 3 rings (SSSR count). The summed E-state index contributed by atoms with van der Waals surface area (Å²) in [6.07, 6.45) is 7.95. The van der Waals surface area contributed by atoms with Gasteiger partial charge in [-0.3, -0.25) is 0 Å². The zero-order valence-electron chi connectivity index (χ0n) is 20.1. The van der Waals surface area contributed by atoms with Crippen molar-refractivity contribution in [2.45, 2.75) is 83.8 Å². The van der Waals surface area contributed by atoms with E-state index in [4.69, 9.17) is 4.43 Å². The monoisotopic (exact) mass is 438 g/mol. The standard InChI is InChI=1S/C27H42OSi2/c1-23(2)22-27(24-16-10-7-11-17-24,29(3,4)25-18-12-8-13-19-25)28-30(5,6)26-20-14-9-15-21-26/h8-9,12-15,18-21,23-24H,7,10-11,16-17,22H2,1-6H3. The van der Waals surface area contributed by atoms with Crippen LogP contribution < -0.4 is 10.4 Å². The predicted molar refractivity (Wildman–Crippen MR) is 137 cm³/mol. The van der Waals surface area contributed by atoms with Gasteiger partial charge in [0.25, 0.3) is 0 Å². The van der Waals surface area contributed by atoms with Gasteiger partial charge in [-0.25, -0.2) is 0 Å². The maximum atomic E-state index is 7.68. The first kappa shape index (κ1) is 23.5. The van der Waals surface area contributed by atoms with Crippen molar-refractivity contribution in [3.63, 3.8) is 0 Å². The van der Waals surface area contributed by atoms with E-state index < -0.39 is 16.4 Å². The molecule has 0 saturated heterocycles. The first-order chi connectivity index (χ1) is 14.2. The minimum atomic E-state index is -2.07. The maximum Gasteiger partial charge on any atom is 0.218 e. The van der Waals surface area contributed by atoms with E-state index in [9.17, 15) is 0 Å². The van der Waals surface area contributed by atoms with Crippen molar-refractivity contribution in [3.05, 3.63) is 60.7 Å². The van der Waals surface area contributed by atoms with Crippen LogP contribution in [-0.4, -0.2) is 21.6 Å². The van der Waals surface area contributed by atoms with Gasteiger partial charge < -0.3 is 4.43 Å². The van der Waals surface area contributed by atoms with Gasteiger partial charge in [-0.15, -0.1) is 0 Å². The highest BCUT2D eigenvalue weighted by Gasteiger charge is 2.56. The zero-order valence-corrected chi connectivity index (χ0v) is 22.1. The van der Waals surface area contributed by atoms with Gasteiger partial charge in [0, 0.05) is 0 Å². The molecule has 1 saturated carbocycles. The molecule has 2 aromatic rings. The molecule has 1 atom stereocenters. The second-order valence-corrected chi connectivity index (χ2v) is 19.3. The van der Waals surface area contributed by atoms with Crippen molar-refractivity contribution in [2.75, 3.05) is 0 Å². The molecule has 0 aliphatic heterocycles. The Morgan fingerprint density at radius 1 is 0.800 bits per heavy atom. The van der Waals surface area contributed by atoms with Crippen LogP contribution in [0.25, 0.3) is 0 Å². The molecule has 0 amide bonds. The molecular weight excluding hydrogens is 396 g/mol. The molecule has 0 N–H and O–H groups in total. The van der Waals surface area contributed by atoms with Crippen LogP contribution in [0.15, 0.2) is 60.7 Å². The van der Waals surface area contributed by atoms with E-state index in [0.717, 1.165) is 0 Å². The van der Waals surface area contributed by atoms with E-state index >= 15 is 0 Å². The van der Waals surface area contributed by atoms with Crippen molar-refractivity contribution in [2.24, 2.45) is 11.8 Å². The summed E-state index contributed by atoms with van der Waals surface area (Å²) in [7, 11) is -4.01. The number of hydrogen-bond acceptors (Lipinski definition) is 1. The lowest BCUT2D eigenvalue weighted by Crippen LogP contribution is -2.71. The first-order valence-corrected chi connectivity index (χ1v) is 17.9. The van der Waals surface area contributed by atoms with Crippen LogP contribution >= 0.6 is 0 Å². The molecule has 30 heavy (non-hydrogen) atoms. The summed E-state index contributed by atoms with van der Waals surface area (Å²) < 4.78 is 7.68. The quantitative estimate of drug-likeness (QED) is 0.420. The summed E-state index contributed by atoms with van der Waals surface area (Å²) in [4.78, 5) is 0. The lowest BCUT2D eigenvalue weighted by atomic mass is 9.82. The molecule has 1 fully saturated rings. The Bertz CT molecular complexity index is 779. The summed E-state index contributed by atoms with van der Waals surface area (Å²) in [5, 5.41) is 2.95. The Balaban J connectivity index is 2.15. The lowest BCUT2D eigenvalue weighted by Gasteiger charge is -2.56. The van der Waals surface area contributed by atoms with Gasteiger partial charge in [0.05, 0.1) is 5.22 Å². The predicted octanol–water partition coefficient (Wildman–Crippen LogP) is 6.64. The zero-order chi connectivity index (χ0) is 21.8. The van der Waals surface area contributed by atoms with E-state index in [1.165, 1.54) is 43.7 Å². The minimum Gasteiger partial charge on any atom is -0.409 e. The lowest BCUT2D eigenvalue weighted by molar-refractivity contribution is 0.0336. The van der Waals surface area contributed by atoms with Crippen molar-refractivity contribution in [1.29, 1.82) is 0 Å². The molecule has 0 heterocycles. The van der Waals surface area contributed by atoms with Crippen molar-refractivity contribution >= 4 is 26.8 Å². The molecule has 1 unspecified atom stereocenters. The Hall–Kier alpha value is -1.17. The smallest absolute Gasteiger partial charge is 0.218 e. The summed E-state index contributed by atoms with van der Waals surface area (Å²) in [6.45, 7) is 14.8. The average molecular weight is 439 g/mol. The van der Waals surface area contributed by atoms with Crippen LogP contribution in [0.3, 0.4) is 0 Å². The van der Waals surface area contributed by atoms with Crippen LogP contribution in [0.1, 0.15) is 52.4 Å². The highest BCUT2D eigenvalue weighted by atomic mass is 28.4. The molecule has 1 aliphatic rings. The number of hydrogen-bond donors (Lipinski definition) is 0. The highest BCUT2D eigenvalue weighted by Crippen LogP contribution is 2.46. The van der Waals surface area contributed by atoms with Gasteiger partial charge in [-0.1, -0.05) is 112 Å². The van der Waals surface area contributed by atoms with Gasteiger partial charge in [0.2, 0.25) is 8.32 Å². The fourth-order valence-electron chi connectivity index (χ4n) is 5.81. The molecule has 1 nitrogen and oxygen atoms in total. The number of benzene rings is 2. The fraction of sp³-hybridized carbons (Fsp3) is 0.556. The second-order valence-electron chi connectivity index (χ2n) is 10.8. The third kappa shape index (κ3) is 4.84. The largest absolute Gasteiger partial charge is 0.409 e. The molecule has 0 bridgehead atoms. The van der Waals surface area contributed by atoms with Gasteiger partial charge in [0.15, 0.2) is 0 Å². The summed E-state index contributed by atoms with van der Waals surface area (Å²) in [5.41, 5.74) is 0. The highest BCUT2D eigenvalue weighted by molar-refractivity contribution is 6.93. The van der Waals surface area contributed by atoms with E-state index in [-0.39, 0.29) is 5.22 Å². The molecular formula is C27H42OSi2. The van der Waals surface area contributed by atoms with E-state index in [2.05, 4.69) is 101 Å². The normalized spacial score (nSPS) is 18.4. The SMILES string of the molecule is CC(C)CC(O[Si](C)(C)c1ccccc1)(C1CCCCC1)[Si](C)(C)c1ccccc1. The fourth-order valence-corrected chi connectivity index (χ4v) is 13.6. The molecule has 0 radical (unpaired) electrons. The van der Waals surface area contributed by atoms with E-state index in [1.54, 1.807) is 5.19 Å². The summed E-state index contributed by atoms with van der Waals surface area (Å²) in [6, 6.07) is 22.4. The van der Waals surface area contributed by atoms with Crippen molar-refractivity contribution in [1.82, 2.24) is 0 Å². The molecule has 3 heteroatoms. The Morgan fingerprint density at radius 2 is 1.30 bits per heavy atom. The van der Waals surface area contributed by atoms with Crippen LogP contribution in [0.4, 0.5) is 0 Å². The van der Waals surface area contributed by atoms with Crippen LogP contribution in [-0.2, 0) is 4.43 Å². The van der Waals surface area contributed by atoms with Crippen LogP contribution in [0.5, 0.6) is 0 Å². The topological polar surface area (TPSA) is 9.23 Å². The third-order valence-corrected chi connectivity index (χ3v) is 14.8. The van der Waals surface area contributed by atoms with Crippen molar-refractivity contribution in [3.8, 4) is 0 Å². The van der Waals surface area contributed by atoms with Gasteiger partial charge in [0.1, 0.15) is 8.07 Å². The Kier molecular flexibility index (Phi) is 7.47. The average Bonchev–Trinajstić information content (AvgIpc) is 2.74. The summed E-state index contributed by atoms with van der Waals surface area (Å²) in [5.74, 6) is 1.30. The first-order valence-electron chi connectivity index (χ1n) is 12.0. The number of rotatable bonds is 8. The van der Waals surface area contributed by atoms with Crippen LogP contribution in [0.2, 0.25) is 26.2 Å². The van der Waals surface area contributed by atoms with Gasteiger partial charge in [-0.2, -0.15) is 0 Å². The maximum absolute atomic E-state index is 7.68. The third-order valence-electron chi connectivity index (χ3n) is 7.44. The van der Waals surface area contributed by atoms with Crippen LogP contribution in [0, 0.1) is 11.8 Å². The molecule has 2 aromatic carbocycles. The second kappa shape index (κ2) is 9.54. The molecule has 1 aliphatic carbocycles. The minimum absolute atomic E-state index is 0.0193. The molecule has 164 valence electrons. The van der Waals surface area contributed by atoms with E-state index in [0.29, 0.717) is 11.8 Å². The molecule has 0 spiro atoms. The van der Waals surface area contributed by atoms with Gasteiger partial charge >= 0.3 is 0 Å². The van der Waals surface area contributed by atoms with Crippen molar-refractivity contribution < 1.29 is 4.43 Å².